The van der Waals surface area contributed by atoms with Gasteiger partial charge in [0.05, 0.1) is 0 Å². The lowest BCUT2D eigenvalue weighted by atomic mass is 10.1. The highest BCUT2D eigenvalue weighted by Gasteiger charge is 2.25. The van der Waals surface area contributed by atoms with Crippen LogP contribution in [-0.2, 0) is 0 Å². The minimum Gasteiger partial charge on any atom is -0.341 e. The van der Waals surface area contributed by atoms with Gasteiger partial charge in [0.1, 0.15) is 0 Å². The minimum absolute atomic E-state index is 0.0567. The third-order valence-electron chi connectivity index (χ3n) is 2.41. The van der Waals surface area contributed by atoms with Crippen LogP contribution in [0.4, 0.5) is 4.79 Å². The maximum atomic E-state index is 11.2. The Bertz CT molecular complexity index is 182. The van der Waals surface area contributed by atoms with E-state index in [0.29, 0.717) is 5.92 Å². The zero-order chi connectivity index (χ0) is 9.84. The van der Waals surface area contributed by atoms with Crippen molar-refractivity contribution in [1.82, 2.24) is 15.1 Å². The number of hydrogen-bond acceptors (Lipinski definition) is 2. The lowest BCUT2D eigenvalue weighted by Crippen LogP contribution is -2.37. The second kappa shape index (κ2) is 4.46. The van der Waals surface area contributed by atoms with Crippen LogP contribution in [0.5, 0.6) is 0 Å². The van der Waals surface area contributed by atoms with Crippen LogP contribution in [0.2, 0.25) is 0 Å². The molecule has 13 heavy (non-hydrogen) atoms. The van der Waals surface area contributed by atoms with E-state index in [1.807, 2.05) is 4.90 Å². The summed E-state index contributed by atoms with van der Waals surface area (Å²) in [6, 6.07) is 0.0567. The second-order valence-electron chi connectivity index (χ2n) is 3.92. The molecule has 0 bridgehead atoms. The fraction of sp³-hybridized carbons (Fsp3) is 0.889. The van der Waals surface area contributed by atoms with Crippen LogP contribution in [0.1, 0.15) is 6.42 Å². The Balaban J connectivity index is 2.32. The molecule has 1 fully saturated rings. The van der Waals surface area contributed by atoms with Crippen molar-refractivity contribution in [2.24, 2.45) is 5.92 Å². The smallest absolute Gasteiger partial charge is 0.317 e. The van der Waals surface area contributed by atoms with Crippen molar-refractivity contribution >= 4 is 6.03 Å². The second-order valence-corrected chi connectivity index (χ2v) is 3.92. The Hall–Kier alpha value is -0.770. The van der Waals surface area contributed by atoms with Crippen LogP contribution < -0.4 is 5.32 Å². The predicted octanol–water partition coefficient (Wildman–Crippen LogP) is 0.209. The predicted molar refractivity (Wildman–Crippen MR) is 52.7 cm³/mol. The Morgan fingerprint density at radius 2 is 2.31 bits per heavy atom. The number of nitrogens with one attached hydrogen (secondary N) is 1. The number of carbonyl (C=O) groups excluding carboxylic acids is 1. The van der Waals surface area contributed by atoms with Gasteiger partial charge in [-0.15, -0.1) is 0 Å². The summed E-state index contributed by atoms with van der Waals surface area (Å²) in [5, 5.41) is 2.65. The number of nitrogens with zero attached hydrogens (tertiary/aromatic N) is 2. The van der Waals surface area contributed by atoms with Crippen molar-refractivity contribution < 1.29 is 4.79 Å². The third kappa shape index (κ3) is 2.88. The molecule has 1 aliphatic rings. The molecule has 1 unspecified atom stereocenters. The van der Waals surface area contributed by atoms with E-state index < -0.39 is 0 Å². The first kappa shape index (κ1) is 10.3. The van der Waals surface area contributed by atoms with E-state index in [0.717, 1.165) is 26.1 Å². The summed E-state index contributed by atoms with van der Waals surface area (Å²) in [5.74, 6) is 0.646. The molecule has 76 valence electrons. The van der Waals surface area contributed by atoms with Crippen molar-refractivity contribution in [1.29, 1.82) is 0 Å². The van der Waals surface area contributed by atoms with E-state index >= 15 is 0 Å². The van der Waals surface area contributed by atoms with E-state index in [1.54, 1.807) is 7.05 Å². The maximum absolute atomic E-state index is 11.2. The molecule has 1 N–H and O–H groups in total. The van der Waals surface area contributed by atoms with Gasteiger partial charge in [-0.25, -0.2) is 4.79 Å². The van der Waals surface area contributed by atoms with Gasteiger partial charge in [-0.2, -0.15) is 0 Å². The number of hydrogen-bond donors (Lipinski definition) is 1. The average molecular weight is 185 g/mol. The third-order valence-corrected chi connectivity index (χ3v) is 2.41. The highest BCUT2D eigenvalue weighted by Crippen LogP contribution is 2.16. The largest absolute Gasteiger partial charge is 0.341 e. The molecule has 0 saturated carbocycles. The van der Waals surface area contributed by atoms with Crippen molar-refractivity contribution in [3.63, 3.8) is 0 Å². The molecule has 2 amide bonds. The molecule has 0 aromatic heterocycles. The van der Waals surface area contributed by atoms with Crippen molar-refractivity contribution in [2.45, 2.75) is 6.42 Å². The number of amides is 2. The quantitative estimate of drug-likeness (QED) is 0.667. The summed E-state index contributed by atoms with van der Waals surface area (Å²) in [4.78, 5) is 15.3. The van der Waals surface area contributed by atoms with E-state index in [1.165, 1.54) is 0 Å². The van der Waals surface area contributed by atoms with Crippen LogP contribution in [-0.4, -0.2) is 56.6 Å². The highest BCUT2D eigenvalue weighted by molar-refractivity contribution is 5.74. The Morgan fingerprint density at radius 3 is 2.85 bits per heavy atom. The van der Waals surface area contributed by atoms with Gasteiger partial charge in [-0.3, -0.25) is 0 Å². The van der Waals surface area contributed by atoms with Crippen molar-refractivity contribution in [2.75, 3.05) is 40.8 Å². The lowest BCUT2D eigenvalue weighted by molar-refractivity contribution is 0.207. The standard InChI is InChI=1S/C9H19N3O/c1-10-9(13)12-5-4-8(7-12)6-11(2)3/h8H,4-7H2,1-3H3,(H,10,13). The zero-order valence-electron chi connectivity index (χ0n) is 8.71. The first-order valence-electron chi connectivity index (χ1n) is 4.75. The van der Waals surface area contributed by atoms with Crippen LogP contribution in [0.15, 0.2) is 0 Å². The summed E-state index contributed by atoms with van der Waals surface area (Å²) in [6.07, 6.45) is 1.13. The number of carbonyl (C=O) groups is 1. The summed E-state index contributed by atoms with van der Waals surface area (Å²) >= 11 is 0. The fourth-order valence-corrected chi connectivity index (χ4v) is 1.84. The molecule has 4 heteroatoms. The lowest BCUT2D eigenvalue weighted by Gasteiger charge is -2.17. The molecule has 1 atom stereocenters. The first-order chi connectivity index (χ1) is 6.13. The van der Waals surface area contributed by atoms with Crippen molar-refractivity contribution in [3.8, 4) is 0 Å². The van der Waals surface area contributed by atoms with Gasteiger partial charge in [0.15, 0.2) is 0 Å². The molecule has 0 radical (unpaired) electrons. The topological polar surface area (TPSA) is 35.6 Å². The van der Waals surface area contributed by atoms with Crippen LogP contribution >= 0.6 is 0 Å². The molecule has 0 aromatic rings. The Kier molecular flexibility index (Phi) is 3.54. The Morgan fingerprint density at radius 1 is 1.62 bits per heavy atom. The summed E-state index contributed by atoms with van der Waals surface area (Å²) in [6.45, 7) is 2.88. The van der Waals surface area contributed by atoms with E-state index in [4.69, 9.17) is 0 Å². The first-order valence-corrected chi connectivity index (χ1v) is 4.75. The Labute approximate surface area is 79.9 Å². The average Bonchev–Trinajstić information content (AvgIpc) is 2.50. The van der Waals surface area contributed by atoms with Gasteiger partial charge >= 0.3 is 6.03 Å². The van der Waals surface area contributed by atoms with Gasteiger partial charge in [-0.1, -0.05) is 0 Å². The van der Waals surface area contributed by atoms with Gasteiger partial charge in [-0.05, 0) is 26.4 Å². The van der Waals surface area contributed by atoms with Gasteiger partial charge in [0, 0.05) is 26.7 Å². The summed E-state index contributed by atoms with van der Waals surface area (Å²) in [5.41, 5.74) is 0. The molecule has 0 aromatic carbocycles. The summed E-state index contributed by atoms with van der Waals surface area (Å²) < 4.78 is 0. The van der Waals surface area contributed by atoms with Gasteiger partial charge in [0.2, 0.25) is 0 Å². The molecule has 4 nitrogen and oxygen atoms in total. The van der Waals surface area contributed by atoms with E-state index in [9.17, 15) is 4.79 Å². The molecule has 1 rings (SSSR count). The summed E-state index contributed by atoms with van der Waals surface area (Å²) in [7, 11) is 5.83. The monoisotopic (exact) mass is 185 g/mol. The maximum Gasteiger partial charge on any atom is 0.317 e. The SMILES string of the molecule is CNC(=O)N1CCC(CN(C)C)C1. The molecule has 0 spiro atoms. The number of urea groups is 1. The minimum atomic E-state index is 0.0567. The molecular weight excluding hydrogens is 166 g/mol. The number of likely N-dealkylation sites (tertiary alicyclic amines) is 1. The van der Waals surface area contributed by atoms with Gasteiger partial charge < -0.3 is 15.1 Å². The molecule has 1 saturated heterocycles. The molecule has 1 heterocycles. The molecule has 1 aliphatic heterocycles. The van der Waals surface area contributed by atoms with Gasteiger partial charge in [0.25, 0.3) is 0 Å². The van der Waals surface area contributed by atoms with Crippen LogP contribution in [0, 0.1) is 5.92 Å². The highest BCUT2D eigenvalue weighted by atomic mass is 16.2. The zero-order valence-corrected chi connectivity index (χ0v) is 8.71. The van der Waals surface area contributed by atoms with Crippen LogP contribution in [0.25, 0.3) is 0 Å². The van der Waals surface area contributed by atoms with E-state index in [2.05, 4.69) is 24.3 Å². The van der Waals surface area contributed by atoms with Crippen molar-refractivity contribution in [3.05, 3.63) is 0 Å². The normalized spacial score (nSPS) is 22.5. The van der Waals surface area contributed by atoms with Crippen LogP contribution in [0.3, 0.4) is 0 Å². The van der Waals surface area contributed by atoms with E-state index in [-0.39, 0.29) is 6.03 Å². The number of rotatable bonds is 2. The molecule has 0 aliphatic carbocycles. The fourth-order valence-electron chi connectivity index (χ4n) is 1.84. The molecular formula is C9H19N3O.